The van der Waals surface area contributed by atoms with Crippen LogP contribution in [0.25, 0.3) is 0 Å². The Balaban J connectivity index is 1.95. The minimum atomic E-state index is -4.33. The van der Waals surface area contributed by atoms with E-state index in [-0.39, 0.29) is 20.5 Å². The molecule has 0 saturated carbocycles. The second kappa shape index (κ2) is 9.91. The molecular formula is C21H15Cl2F3N2O3S. The zero-order valence-electron chi connectivity index (χ0n) is 16.2. The molecule has 0 unspecified atom stereocenters. The number of amides is 1. The molecule has 3 rings (SSSR count). The normalized spacial score (nSPS) is 11.6. The Hall–Kier alpha value is -2.59. The second-order valence-electron chi connectivity index (χ2n) is 6.60. The van der Waals surface area contributed by atoms with Crippen LogP contribution in [0.15, 0.2) is 65.6 Å². The van der Waals surface area contributed by atoms with Crippen molar-refractivity contribution in [3.63, 3.8) is 0 Å². The number of nitrogens with one attached hydrogen (secondary N) is 1. The number of nitrogens with zero attached hydrogens (tertiary/aromatic N) is 1. The Morgan fingerprint density at radius 1 is 0.938 bits per heavy atom. The minimum absolute atomic E-state index is 0.0436. The Morgan fingerprint density at radius 3 is 2.28 bits per heavy atom. The van der Waals surface area contributed by atoms with E-state index in [1.165, 1.54) is 36.4 Å². The molecule has 11 heteroatoms. The van der Waals surface area contributed by atoms with Gasteiger partial charge in [0.05, 0.1) is 17.1 Å². The van der Waals surface area contributed by atoms with Crippen LogP contribution in [-0.2, 0) is 21.4 Å². The summed E-state index contributed by atoms with van der Waals surface area (Å²) < 4.78 is 68.6. The molecule has 0 aliphatic rings. The van der Waals surface area contributed by atoms with Gasteiger partial charge in [0.1, 0.15) is 17.5 Å². The van der Waals surface area contributed by atoms with Crippen molar-refractivity contribution in [2.75, 3.05) is 11.9 Å². The third-order valence-electron chi connectivity index (χ3n) is 4.37. The first-order chi connectivity index (χ1) is 15.1. The third kappa shape index (κ3) is 5.60. The lowest BCUT2D eigenvalue weighted by Crippen LogP contribution is -2.38. The van der Waals surface area contributed by atoms with Crippen LogP contribution in [0.5, 0.6) is 0 Å². The van der Waals surface area contributed by atoms with Gasteiger partial charge in [-0.2, -0.15) is 4.31 Å². The Morgan fingerprint density at radius 2 is 1.62 bits per heavy atom. The van der Waals surface area contributed by atoms with Crippen molar-refractivity contribution in [2.45, 2.75) is 11.4 Å². The van der Waals surface area contributed by atoms with Crippen molar-refractivity contribution in [1.82, 2.24) is 4.31 Å². The predicted octanol–water partition coefficient (Wildman–Crippen LogP) is 5.24. The average molecular weight is 503 g/mol. The van der Waals surface area contributed by atoms with Gasteiger partial charge in [0.2, 0.25) is 15.9 Å². The molecule has 0 heterocycles. The van der Waals surface area contributed by atoms with E-state index in [9.17, 15) is 26.4 Å². The van der Waals surface area contributed by atoms with Gasteiger partial charge >= 0.3 is 0 Å². The molecule has 0 bridgehead atoms. The van der Waals surface area contributed by atoms with Gasteiger partial charge in [0, 0.05) is 28.2 Å². The van der Waals surface area contributed by atoms with E-state index in [0.29, 0.717) is 4.31 Å². The summed E-state index contributed by atoms with van der Waals surface area (Å²) in [4.78, 5) is 12.3. The van der Waals surface area contributed by atoms with E-state index in [2.05, 4.69) is 5.32 Å². The molecule has 0 radical (unpaired) electrons. The molecule has 1 amide bonds. The third-order valence-corrected chi connectivity index (χ3v) is 6.78. The van der Waals surface area contributed by atoms with E-state index >= 15 is 0 Å². The fraction of sp³-hybridized carbons (Fsp3) is 0.0952. The van der Waals surface area contributed by atoms with E-state index in [1.54, 1.807) is 0 Å². The van der Waals surface area contributed by atoms with Gasteiger partial charge in [0.25, 0.3) is 0 Å². The van der Waals surface area contributed by atoms with Crippen LogP contribution in [0.2, 0.25) is 10.0 Å². The second-order valence-corrected chi connectivity index (χ2v) is 9.38. The van der Waals surface area contributed by atoms with Gasteiger partial charge in [-0.05, 0) is 48.5 Å². The maximum atomic E-state index is 14.3. The van der Waals surface area contributed by atoms with Gasteiger partial charge in [-0.25, -0.2) is 21.6 Å². The number of hydrogen-bond donors (Lipinski definition) is 1. The summed E-state index contributed by atoms with van der Waals surface area (Å²) in [6.45, 7) is -1.42. The molecule has 1 N–H and O–H groups in total. The number of benzene rings is 3. The number of halogens is 5. The summed E-state index contributed by atoms with van der Waals surface area (Å²) in [6, 6.07) is 11.4. The van der Waals surface area contributed by atoms with Crippen LogP contribution >= 0.6 is 23.2 Å². The van der Waals surface area contributed by atoms with Gasteiger partial charge < -0.3 is 5.32 Å². The molecule has 3 aromatic carbocycles. The first-order valence-electron chi connectivity index (χ1n) is 9.01. The van der Waals surface area contributed by atoms with Crippen molar-refractivity contribution in [3.8, 4) is 0 Å². The van der Waals surface area contributed by atoms with Crippen LogP contribution in [0.3, 0.4) is 0 Å². The molecule has 0 aliphatic carbocycles. The Kier molecular flexibility index (Phi) is 7.45. The van der Waals surface area contributed by atoms with Crippen molar-refractivity contribution >= 4 is 44.8 Å². The lowest BCUT2D eigenvalue weighted by atomic mass is 10.2. The topological polar surface area (TPSA) is 66.5 Å². The largest absolute Gasteiger partial charge is 0.322 e. The van der Waals surface area contributed by atoms with Crippen LogP contribution in [0.4, 0.5) is 18.9 Å². The first-order valence-corrected chi connectivity index (χ1v) is 11.2. The fourth-order valence-corrected chi connectivity index (χ4v) is 4.50. The highest BCUT2D eigenvalue weighted by Crippen LogP contribution is 2.25. The maximum absolute atomic E-state index is 14.3. The van der Waals surface area contributed by atoms with Crippen LogP contribution < -0.4 is 5.32 Å². The molecule has 3 aromatic rings. The number of carbonyl (C=O) groups excluding carboxylic acids is 1. The monoisotopic (exact) mass is 502 g/mol. The number of sulfonamides is 1. The summed E-state index contributed by atoms with van der Waals surface area (Å²) in [6.07, 6.45) is 0. The van der Waals surface area contributed by atoms with Gasteiger partial charge in [-0.3, -0.25) is 4.79 Å². The molecule has 32 heavy (non-hydrogen) atoms. The zero-order valence-corrected chi connectivity index (χ0v) is 18.5. The van der Waals surface area contributed by atoms with Crippen molar-refractivity contribution in [1.29, 1.82) is 0 Å². The Bertz CT molecular complexity index is 1240. The van der Waals surface area contributed by atoms with Crippen LogP contribution in [0, 0.1) is 17.5 Å². The molecule has 0 aromatic heterocycles. The van der Waals surface area contributed by atoms with Crippen molar-refractivity contribution in [3.05, 3.63) is 93.7 Å². The number of carbonyl (C=O) groups is 1. The summed E-state index contributed by atoms with van der Waals surface area (Å²) in [5, 5.41) is 2.36. The van der Waals surface area contributed by atoms with Crippen LogP contribution in [0.1, 0.15) is 5.56 Å². The SMILES string of the molecule is O=C(CN(Cc1c(F)cccc1Cl)S(=O)(=O)c1ccc(Cl)cc1)Nc1cc(F)ccc1F. The highest BCUT2D eigenvalue weighted by Gasteiger charge is 2.29. The quantitative estimate of drug-likeness (QED) is 0.480. The smallest absolute Gasteiger partial charge is 0.243 e. The molecule has 0 spiro atoms. The van der Waals surface area contributed by atoms with Gasteiger partial charge in [-0.1, -0.05) is 29.3 Å². The van der Waals surface area contributed by atoms with E-state index < -0.39 is 52.2 Å². The van der Waals surface area contributed by atoms with E-state index in [0.717, 1.165) is 24.3 Å². The molecular weight excluding hydrogens is 488 g/mol. The maximum Gasteiger partial charge on any atom is 0.243 e. The standard InChI is InChI=1S/C21H15Cl2F3N2O3S/c22-13-4-7-15(8-5-13)32(30,31)28(11-16-17(23)2-1-3-18(16)25)12-21(29)27-20-10-14(24)6-9-19(20)26/h1-10H,11-12H2,(H,27,29). The number of hydrogen-bond acceptors (Lipinski definition) is 3. The summed E-state index contributed by atoms with van der Waals surface area (Å²) in [5.41, 5.74) is -0.626. The average Bonchev–Trinajstić information content (AvgIpc) is 2.73. The van der Waals surface area contributed by atoms with Crippen molar-refractivity contribution in [2.24, 2.45) is 0 Å². The summed E-state index contributed by atoms with van der Waals surface area (Å²) in [5.74, 6) is -3.46. The zero-order chi connectivity index (χ0) is 23.5. The van der Waals surface area contributed by atoms with E-state index in [4.69, 9.17) is 23.2 Å². The minimum Gasteiger partial charge on any atom is -0.322 e. The van der Waals surface area contributed by atoms with Crippen LogP contribution in [-0.4, -0.2) is 25.2 Å². The lowest BCUT2D eigenvalue weighted by molar-refractivity contribution is -0.116. The summed E-state index contributed by atoms with van der Waals surface area (Å²) in [7, 11) is -4.33. The van der Waals surface area contributed by atoms with Gasteiger partial charge in [0.15, 0.2) is 0 Å². The van der Waals surface area contributed by atoms with E-state index in [1.807, 2.05) is 0 Å². The highest BCUT2D eigenvalue weighted by molar-refractivity contribution is 7.89. The predicted molar refractivity (Wildman–Crippen MR) is 115 cm³/mol. The molecule has 0 fully saturated rings. The summed E-state index contributed by atoms with van der Waals surface area (Å²) >= 11 is 11.8. The molecule has 0 saturated heterocycles. The molecule has 168 valence electrons. The molecule has 0 aliphatic heterocycles. The number of anilines is 1. The van der Waals surface area contributed by atoms with Gasteiger partial charge in [-0.15, -0.1) is 0 Å². The highest BCUT2D eigenvalue weighted by atomic mass is 35.5. The fourth-order valence-electron chi connectivity index (χ4n) is 2.78. The Labute approximate surface area is 192 Å². The molecule has 5 nitrogen and oxygen atoms in total. The number of rotatable bonds is 7. The molecule has 0 atom stereocenters. The lowest BCUT2D eigenvalue weighted by Gasteiger charge is -2.23. The first kappa shape index (κ1) is 24.1. The van der Waals surface area contributed by atoms with Crippen molar-refractivity contribution < 1.29 is 26.4 Å².